The van der Waals surface area contributed by atoms with Gasteiger partial charge in [-0.2, -0.15) is 0 Å². The van der Waals surface area contributed by atoms with Crippen molar-refractivity contribution in [3.8, 4) is 0 Å². The van der Waals surface area contributed by atoms with Crippen molar-refractivity contribution < 1.29 is 0 Å². The van der Waals surface area contributed by atoms with Gasteiger partial charge in [0.1, 0.15) is 0 Å². The number of unbranched alkanes of at least 4 members (excludes halogenated alkanes) is 1. The van der Waals surface area contributed by atoms with Gasteiger partial charge in [-0.05, 0) is 44.6 Å². The summed E-state index contributed by atoms with van der Waals surface area (Å²) in [5.74, 6) is 0.973. The summed E-state index contributed by atoms with van der Waals surface area (Å²) in [5, 5.41) is 0. The van der Waals surface area contributed by atoms with Crippen LogP contribution in [0.3, 0.4) is 0 Å². The van der Waals surface area contributed by atoms with E-state index in [2.05, 4.69) is 25.7 Å². The Kier molecular flexibility index (Phi) is 6.50. The minimum atomic E-state index is 0.286. The largest absolute Gasteiger partial charge is 0.329 e. The molecule has 0 heterocycles. The molecule has 0 amide bonds. The van der Waals surface area contributed by atoms with Crippen LogP contribution in [0.1, 0.15) is 65.7 Å². The van der Waals surface area contributed by atoms with E-state index in [4.69, 9.17) is 5.73 Å². The van der Waals surface area contributed by atoms with Gasteiger partial charge in [0, 0.05) is 18.6 Å². The first-order chi connectivity index (χ1) is 8.22. The molecule has 0 saturated heterocycles. The second-order valence-electron chi connectivity index (χ2n) is 5.77. The first-order valence-corrected chi connectivity index (χ1v) is 7.67. The number of nitrogens with two attached hydrogens (primary N) is 1. The lowest BCUT2D eigenvalue weighted by molar-refractivity contribution is 0.0728. The summed E-state index contributed by atoms with van der Waals surface area (Å²) in [4.78, 5) is 2.72. The molecule has 1 atom stereocenters. The Labute approximate surface area is 108 Å². The molecule has 1 unspecified atom stereocenters. The lowest BCUT2D eigenvalue weighted by Crippen LogP contribution is -2.54. The van der Waals surface area contributed by atoms with E-state index in [0.29, 0.717) is 0 Å². The van der Waals surface area contributed by atoms with Gasteiger partial charge in [-0.1, -0.05) is 33.6 Å². The van der Waals surface area contributed by atoms with Crippen LogP contribution in [0.5, 0.6) is 0 Å². The molecule has 2 N–H and O–H groups in total. The van der Waals surface area contributed by atoms with Crippen molar-refractivity contribution >= 4 is 0 Å². The van der Waals surface area contributed by atoms with E-state index in [9.17, 15) is 0 Å². The minimum Gasteiger partial charge on any atom is -0.329 e. The van der Waals surface area contributed by atoms with E-state index in [1.807, 2.05) is 0 Å². The predicted molar refractivity (Wildman–Crippen MR) is 76.2 cm³/mol. The Balaban J connectivity index is 2.65. The molecule has 0 aliphatic heterocycles. The van der Waals surface area contributed by atoms with E-state index in [0.717, 1.165) is 12.5 Å². The lowest BCUT2D eigenvalue weighted by Gasteiger charge is -2.43. The van der Waals surface area contributed by atoms with Gasteiger partial charge in [-0.15, -0.1) is 0 Å². The summed E-state index contributed by atoms with van der Waals surface area (Å²) in [6.45, 7) is 10.2. The Bertz CT molecular complexity index is 195. The highest BCUT2D eigenvalue weighted by atomic mass is 15.2. The third-order valence-corrected chi connectivity index (χ3v) is 4.37. The number of hydrogen-bond acceptors (Lipinski definition) is 2. The maximum Gasteiger partial charge on any atom is 0.0329 e. The minimum absolute atomic E-state index is 0.286. The molecule has 0 aromatic rings. The molecule has 1 aliphatic carbocycles. The zero-order chi connectivity index (χ0) is 12.7. The maximum absolute atomic E-state index is 6.14. The van der Waals surface area contributed by atoms with Crippen molar-refractivity contribution in [1.82, 2.24) is 4.90 Å². The van der Waals surface area contributed by atoms with E-state index in [1.54, 1.807) is 0 Å². The molecule has 17 heavy (non-hydrogen) atoms. The highest BCUT2D eigenvalue weighted by molar-refractivity contribution is 4.93. The van der Waals surface area contributed by atoms with Gasteiger partial charge < -0.3 is 5.73 Å². The highest BCUT2D eigenvalue weighted by Crippen LogP contribution is 2.34. The van der Waals surface area contributed by atoms with Crippen LogP contribution in [-0.2, 0) is 0 Å². The van der Waals surface area contributed by atoms with Gasteiger partial charge in [-0.25, -0.2) is 0 Å². The molecule has 0 aromatic carbocycles. The Morgan fingerprint density at radius 2 is 1.88 bits per heavy atom. The Hall–Kier alpha value is -0.0800. The fourth-order valence-corrected chi connectivity index (χ4v) is 2.84. The molecule has 1 fully saturated rings. The molecule has 0 spiro atoms. The summed E-state index contributed by atoms with van der Waals surface area (Å²) >= 11 is 0. The van der Waals surface area contributed by atoms with Crippen LogP contribution in [0.4, 0.5) is 0 Å². The fourth-order valence-electron chi connectivity index (χ4n) is 2.84. The second-order valence-corrected chi connectivity index (χ2v) is 5.77. The molecule has 102 valence electrons. The average Bonchev–Trinajstić information content (AvgIpc) is 3.15. The normalized spacial score (nSPS) is 19.6. The Morgan fingerprint density at radius 3 is 2.29 bits per heavy atom. The van der Waals surface area contributed by atoms with E-state index < -0.39 is 0 Å². The molecule has 0 radical (unpaired) electrons. The van der Waals surface area contributed by atoms with Gasteiger partial charge in [0.15, 0.2) is 0 Å². The van der Waals surface area contributed by atoms with Gasteiger partial charge in [0.2, 0.25) is 0 Å². The summed E-state index contributed by atoms with van der Waals surface area (Å²) in [5.41, 5.74) is 6.43. The smallest absolute Gasteiger partial charge is 0.0329 e. The van der Waals surface area contributed by atoms with E-state index in [-0.39, 0.29) is 5.54 Å². The van der Waals surface area contributed by atoms with Crippen LogP contribution < -0.4 is 5.73 Å². The fraction of sp³-hybridized carbons (Fsp3) is 1.00. The van der Waals surface area contributed by atoms with Crippen LogP contribution in [0.2, 0.25) is 0 Å². The summed E-state index contributed by atoms with van der Waals surface area (Å²) in [7, 11) is 0. The number of hydrogen-bond donors (Lipinski definition) is 1. The van der Waals surface area contributed by atoms with Crippen molar-refractivity contribution in [3.05, 3.63) is 0 Å². The molecule has 1 aliphatic rings. The van der Waals surface area contributed by atoms with Crippen LogP contribution in [0.15, 0.2) is 0 Å². The SMILES string of the molecule is CCCCC(CC)(CN)N(CCC)CC1CC1. The second kappa shape index (κ2) is 7.38. The Morgan fingerprint density at radius 1 is 1.18 bits per heavy atom. The van der Waals surface area contributed by atoms with Crippen LogP contribution >= 0.6 is 0 Å². The molecule has 0 aromatic heterocycles. The van der Waals surface area contributed by atoms with Crippen molar-refractivity contribution in [2.24, 2.45) is 11.7 Å². The van der Waals surface area contributed by atoms with E-state index >= 15 is 0 Å². The van der Waals surface area contributed by atoms with Crippen LogP contribution in [0, 0.1) is 5.92 Å². The first kappa shape index (κ1) is 15.0. The number of rotatable bonds is 10. The van der Waals surface area contributed by atoms with Gasteiger partial charge in [-0.3, -0.25) is 4.90 Å². The molecular formula is C15H32N2. The number of nitrogens with zero attached hydrogens (tertiary/aromatic N) is 1. The first-order valence-electron chi connectivity index (χ1n) is 7.67. The van der Waals surface area contributed by atoms with Crippen molar-refractivity contribution in [2.45, 2.75) is 71.3 Å². The van der Waals surface area contributed by atoms with Crippen molar-refractivity contribution in [3.63, 3.8) is 0 Å². The summed E-state index contributed by atoms with van der Waals surface area (Å²) < 4.78 is 0. The van der Waals surface area contributed by atoms with Gasteiger partial charge >= 0.3 is 0 Å². The molecule has 2 nitrogen and oxygen atoms in total. The molecular weight excluding hydrogens is 208 g/mol. The van der Waals surface area contributed by atoms with Crippen LogP contribution in [0.25, 0.3) is 0 Å². The quantitative estimate of drug-likeness (QED) is 0.634. The zero-order valence-electron chi connectivity index (χ0n) is 12.2. The molecule has 2 heteroatoms. The van der Waals surface area contributed by atoms with Gasteiger partial charge in [0.05, 0.1) is 0 Å². The standard InChI is InChI=1S/C15H32N2/c1-4-7-10-15(6-3,13-16)17(11-5-2)12-14-8-9-14/h14H,4-13,16H2,1-3H3. The van der Waals surface area contributed by atoms with Crippen LogP contribution in [-0.4, -0.2) is 30.1 Å². The predicted octanol–water partition coefficient (Wildman–Crippen LogP) is 3.41. The summed E-state index contributed by atoms with van der Waals surface area (Å²) in [6, 6.07) is 0. The maximum atomic E-state index is 6.14. The topological polar surface area (TPSA) is 29.3 Å². The summed E-state index contributed by atoms with van der Waals surface area (Å²) in [6.07, 6.45) is 9.22. The third-order valence-electron chi connectivity index (χ3n) is 4.37. The average molecular weight is 240 g/mol. The highest BCUT2D eigenvalue weighted by Gasteiger charge is 2.36. The molecule has 1 saturated carbocycles. The van der Waals surface area contributed by atoms with E-state index in [1.165, 1.54) is 58.0 Å². The molecule has 0 bridgehead atoms. The van der Waals surface area contributed by atoms with Gasteiger partial charge in [0.25, 0.3) is 0 Å². The van der Waals surface area contributed by atoms with Crippen molar-refractivity contribution in [1.29, 1.82) is 0 Å². The third kappa shape index (κ3) is 4.26. The molecule has 1 rings (SSSR count). The van der Waals surface area contributed by atoms with Crippen molar-refractivity contribution in [2.75, 3.05) is 19.6 Å². The lowest BCUT2D eigenvalue weighted by atomic mass is 9.87. The zero-order valence-corrected chi connectivity index (χ0v) is 12.2. The monoisotopic (exact) mass is 240 g/mol.